The molecule has 3 rings (SSSR count). The molecule has 0 radical (unpaired) electrons. The summed E-state index contributed by atoms with van der Waals surface area (Å²) < 4.78 is 10.4. The Labute approximate surface area is 154 Å². The molecule has 7 nitrogen and oxygen atoms in total. The van der Waals surface area contributed by atoms with E-state index in [1.165, 1.54) is 25.5 Å². The van der Waals surface area contributed by atoms with Gasteiger partial charge in [-0.1, -0.05) is 24.3 Å². The molecule has 27 heavy (non-hydrogen) atoms. The largest absolute Gasteiger partial charge is 0.507 e. The molecule has 0 unspecified atom stereocenters. The molecule has 3 aromatic rings. The minimum absolute atomic E-state index is 0.120. The van der Waals surface area contributed by atoms with Crippen LogP contribution in [0.3, 0.4) is 0 Å². The summed E-state index contributed by atoms with van der Waals surface area (Å²) in [6.07, 6.45) is 1.34. The Bertz CT molecular complexity index is 1010. The van der Waals surface area contributed by atoms with Crippen LogP contribution in [0.15, 0.2) is 70.2 Å². The minimum Gasteiger partial charge on any atom is -0.507 e. The zero-order valence-corrected chi connectivity index (χ0v) is 14.4. The van der Waals surface area contributed by atoms with Gasteiger partial charge in [-0.15, -0.1) is 0 Å². The van der Waals surface area contributed by atoms with Gasteiger partial charge in [-0.05, 0) is 36.4 Å². The van der Waals surface area contributed by atoms with E-state index in [0.29, 0.717) is 22.6 Å². The second-order valence-corrected chi connectivity index (χ2v) is 5.49. The molecule has 2 aromatic carbocycles. The van der Waals surface area contributed by atoms with Crippen molar-refractivity contribution in [3.8, 4) is 17.1 Å². The lowest BCUT2D eigenvalue weighted by atomic mass is 10.1. The second kappa shape index (κ2) is 8.01. The maximum absolute atomic E-state index is 12.0. The first-order chi connectivity index (χ1) is 13.1. The summed E-state index contributed by atoms with van der Waals surface area (Å²) >= 11 is 0. The average molecular weight is 364 g/mol. The van der Waals surface area contributed by atoms with E-state index in [1.807, 2.05) is 0 Å². The Morgan fingerprint density at radius 1 is 1.11 bits per heavy atom. The van der Waals surface area contributed by atoms with Crippen LogP contribution in [0.2, 0.25) is 0 Å². The van der Waals surface area contributed by atoms with Crippen LogP contribution >= 0.6 is 0 Å². The van der Waals surface area contributed by atoms with Crippen LogP contribution in [0.4, 0.5) is 0 Å². The lowest BCUT2D eigenvalue weighted by molar-refractivity contribution is 0.0600. The number of para-hydroxylation sites is 1. The van der Waals surface area contributed by atoms with Crippen LogP contribution in [0.25, 0.3) is 11.3 Å². The SMILES string of the molecule is COC(=O)c1cccc(-c2ccc(/C=N/NC(=O)c3ccccc3O)o2)c1. The third-order valence-corrected chi connectivity index (χ3v) is 3.70. The number of furan rings is 1. The lowest BCUT2D eigenvalue weighted by Gasteiger charge is -2.02. The molecular formula is C20H16N2O5. The molecule has 0 spiro atoms. The monoisotopic (exact) mass is 364 g/mol. The van der Waals surface area contributed by atoms with Crippen LogP contribution in [-0.2, 0) is 4.74 Å². The van der Waals surface area contributed by atoms with E-state index in [1.54, 1.807) is 48.5 Å². The van der Waals surface area contributed by atoms with Gasteiger partial charge >= 0.3 is 5.97 Å². The standard InChI is InChI=1S/C20H16N2O5/c1-26-20(25)14-6-4-5-13(11-14)18-10-9-15(27-18)12-21-22-19(24)16-7-2-3-8-17(16)23/h2-12,23H,1H3,(H,22,24)/b21-12+. The molecule has 0 bridgehead atoms. The summed E-state index contributed by atoms with van der Waals surface area (Å²) in [5.74, 6) is -0.157. The minimum atomic E-state index is -0.540. The highest BCUT2D eigenvalue weighted by atomic mass is 16.5. The third-order valence-electron chi connectivity index (χ3n) is 3.70. The maximum Gasteiger partial charge on any atom is 0.337 e. The van der Waals surface area contributed by atoms with Gasteiger partial charge in [0.2, 0.25) is 0 Å². The van der Waals surface area contributed by atoms with E-state index >= 15 is 0 Å². The summed E-state index contributed by atoms with van der Waals surface area (Å²) in [6, 6.07) is 16.4. The number of esters is 1. The number of benzene rings is 2. The van der Waals surface area contributed by atoms with Gasteiger partial charge in [0, 0.05) is 5.56 Å². The first kappa shape index (κ1) is 17.9. The quantitative estimate of drug-likeness (QED) is 0.411. The Kier molecular flexibility index (Phi) is 5.32. The summed E-state index contributed by atoms with van der Waals surface area (Å²) in [5, 5.41) is 13.5. The topological polar surface area (TPSA) is 101 Å². The van der Waals surface area contributed by atoms with E-state index in [4.69, 9.17) is 9.15 Å². The van der Waals surface area contributed by atoms with Gasteiger partial charge in [0.05, 0.1) is 24.5 Å². The molecule has 0 fully saturated rings. The number of aromatic hydroxyl groups is 1. The van der Waals surface area contributed by atoms with Crippen LogP contribution in [-0.4, -0.2) is 30.3 Å². The number of phenols is 1. The smallest absolute Gasteiger partial charge is 0.337 e. The average Bonchev–Trinajstić information content (AvgIpc) is 3.16. The number of hydrogen-bond donors (Lipinski definition) is 2. The molecule has 1 heterocycles. The lowest BCUT2D eigenvalue weighted by Crippen LogP contribution is -2.17. The fourth-order valence-corrected chi connectivity index (χ4v) is 2.38. The molecule has 0 aliphatic rings. The van der Waals surface area contributed by atoms with E-state index < -0.39 is 11.9 Å². The normalized spacial score (nSPS) is 10.7. The van der Waals surface area contributed by atoms with Gasteiger partial charge in [-0.2, -0.15) is 5.10 Å². The summed E-state index contributed by atoms with van der Waals surface area (Å²) in [6.45, 7) is 0. The zero-order chi connectivity index (χ0) is 19.2. The molecular weight excluding hydrogens is 348 g/mol. The molecule has 0 saturated heterocycles. The number of hydrogen-bond acceptors (Lipinski definition) is 6. The zero-order valence-electron chi connectivity index (χ0n) is 14.4. The molecule has 0 saturated carbocycles. The van der Waals surface area contributed by atoms with Crippen LogP contribution in [0.5, 0.6) is 5.75 Å². The fourth-order valence-electron chi connectivity index (χ4n) is 2.38. The number of hydrazone groups is 1. The van der Waals surface area contributed by atoms with E-state index in [2.05, 4.69) is 10.5 Å². The summed E-state index contributed by atoms with van der Waals surface area (Å²) in [4.78, 5) is 23.6. The second-order valence-electron chi connectivity index (χ2n) is 5.49. The van der Waals surface area contributed by atoms with Crippen molar-refractivity contribution in [1.82, 2.24) is 5.43 Å². The Morgan fingerprint density at radius 2 is 1.93 bits per heavy atom. The van der Waals surface area contributed by atoms with Crippen molar-refractivity contribution in [1.29, 1.82) is 0 Å². The van der Waals surface area contributed by atoms with Gasteiger partial charge in [0.25, 0.3) is 5.91 Å². The van der Waals surface area contributed by atoms with E-state index in [-0.39, 0.29) is 11.3 Å². The predicted octanol–water partition coefficient (Wildman–Crippen LogP) is 3.20. The van der Waals surface area contributed by atoms with Crippen molar-refractivity contribution < 1.29 is 23.8 Å². The summed E-state index contributed by atoms with van der Waals surface area (Å²) in [7, 11) is 1.32. The van der Waals surface area contributed by atoms with Crippen LogP contribution in [0.1, 0.15) is 26.5 Å². The number of nitrogens with one attached hydrogen (secondary N) is 1. The van der Waals surface area contributed by atoms with Gasteiger partial charge in [-0.3, -0.25) is 4.79 Å². The number of nitrogens with zero attached hydrogens (tertiary/aromatic N) is 1. The maximum atomic E-state index is 12.0. The summed E-state index contributed by atoms with van der Waals surface area (Å²) in [5.41, 5.74) is 3.56. The van der Waals surface area contributed by atoms with Gasteiger partial charge in [-0.25, -0.2) is 10.2 Å². The number of rotatable bonds is 5. The molecule has 136 valence electrons. The molecule has 0 aliphatic carbocycles. The predicted molar refractivity (Wildman–Crippen MR) is 98.7 cm³/mol. The molecule has 0 aliphatic heterocycles. The van der Waals surface area contributed by atoms with E-state index in [0.717, 1.165) is 0 Å². The number of amides is 1. The molecule has 7 heteroatoms. The third kappa shape index (κ3) is 4.21. The highest BCUT2D eigenvalue weighted by molar-refractivity contribution is 5.97. The van der Waals surface area contributed by atoms with Crippen molar-refractivity contribution >= 4 is 18.1 Å². The van der Waals surface area contributed by atoms with E-state index in [9.17, 15) is 14.7 Å². The highest BCUT2D eigenvalue weighted by Crippen LogP contribution is 2.23. The first-order valence-electron chi connectivity index (χ1n) is 7.98. The Morgan fingerprint density at radius 3 is 2.70 bits per heavy atom. The number of ether oxygens (including phenoxy) is 1. The molecule has 0 atom stereocenters. The van der Waals surface area contributed by atoms with Crippen LogP contribution < -0.4 is 5.43 Å². The Balaban J connectivity index is 1.69. The van der Waals surface area contributed by atoms with Gasteiger partial charge < -0.3 is 14.3 Å². The number of carbonyl (C=O) groups excluding carboxylic acids is 2. The number of carbonyl (C=O) groups is 2. The molecule has 2 N–H and O–H groups in total. The Hall–Kier alpha value is -3.87. The number of methoxy groups -OCH3 is 1. The van der Waals surface area contributed by atoms with Crippen molar-refractivity contribution in [2.45, 2.75) is 0 Å². The van der Waals surface area contributed by atoms with Crippen molar-refractivity contribution in [3.63, 3.8) is 0 Å². The fraction of sp³-hybridized carbons (Fsp3) is 0.0500. The van der Waals surface area contributed by atoms with Crippen molar-refractivity contribution in [2.75, 3.05) is 7.11 Å². The molecule has 1 amide bonds. The molecule has 1 aromatic heterocycles. The van der Waals surface area contributed by atoms with Gasteiger partial charge in [0.1, 0.15) is 17.3 Å². The van der Waals surface area contributed by atoms with Crippen LogP contribution in [0, 0.1) is 0 Å². The van der Waals surface area contributed by atoms with Crippen molar-refractivity contribution in [2.24, 2.45) is 5.10 Å². The van der Waals surface area contributed by atoms with Crippen molar-refractivity contribution in [3.05, 3.63) is 77.6 Å². The van der Waals surface area contributed by atoms with Gasteiger partial charge in [0.15, 0.2) is 0 Å². The first-order valence-corrected chi connectivity index (χ1v) is 7.98. The highest BCUT2D eigenvalue weighted by Gasteiger charge is 2.10. The number of phenolic OH excluding ortho intramolecular Hbond substituents is 1.